The minimum atomic E-state index is -3.37. The van der Waals surface area contributed by atoms with Gasteiger partial charge in [0.05, 0.1) is 5.88 Å². The molecule has 0 aliphatic rings. The van der Waals surface area contributed by atoms with E-state index in [2.05, 4.69) is 0 Å². The average Bonchev–Trinajstić information content (AvgIpc) is 1.67. The van der Waals surface area contributed by atoms with Crippen molar-refractivity contribution < 1.29 is 13.2 Å². The minimum absolute atomic E-state index is 0.961. The molecule has 8 heavy (non-hydrogen) atoms. The van der Waals surface area contributed by atoms with Crippen molar-refractivity contribution in [2.45, 2.75) is 10.1 Å². The van der Waals surface area contributed by atoms with E-state index in [1.165, 1.54) is 0 Å². The monoisotopic (exact) mass is 258 g/mol. The molecule has 0 aromatic rings. The van der Waals surface area contributed by atoms with Crippen LogP contribution >= 0.6 is 34.2 Å². The molecule has 0 spiro atoms. The number of rotatable bonds is 2. The molecule has 0 aliphatic carbocycles. The summed E-state index contributed by atoms with van der Waals surface area (Å²) in [5.41, 5.74) is 0. The molecule has 0 heterocycles. The van der Waals surface area contributed by atoms with E-state index >= 15 is 0 Å². The van der Waals surface area contributed by atoms with Crippen LogP contribution < -0.4 is 0 Å². The third-order valence-corrected chi connectivity index (χ3v) is 1.76. The highest BCUT2D eigenvalue weighted by Gasteiger charge is 2.36. The molecule has 0 rings (SSSR count). The van der Waals surface area contributed by atoms with E-state index in [0.717, 1.165) is 22.6 Å². The Morgan fingerprint density at radius 1 is 1.62 bits per heavy atom. The Morgan fingerprint density at radius 2 is 2.00 bits per heavy atom. The summed E-state index contributed by atoms with van der Waals surface area (Å²) in [5, 5.41) is 0. The van der Waals surface area contributed by atoms with E-state index in [9.17, 15) is 13.2 Å². The summed E-state index contributed by atoms with van der Waals surface area (Å²) in [7, 11) is 0. The first kappa shape index (κ1) is 8.81. The van der Waals surface area contributed by atoms with E-state index in [0.29, 0.717) is 0 Å². The number of halogens is 5. The highest BCUT2D eigenvalue weighted by Crippen LogP contribution is 2.27. The van der Waals surface area contributed by atoms with Gasteiger partial charge in [0.15, 0.2) is 0 Å². The van der Waals surface area contributed by atoms with Crippen LogP contribution in [0.15, 0.2) is 0 Å². The standard InChI is InChI=1S/C3H3ClF3I/c4-1-3(6,7)2(5)8/h2H,1H2. The molecule has 0 saturated heterocycles. The molecule has 0 amide bonds. The molecule has 0 aliphatic heterocycles. The van der Waals surface area contributed by atoms with E-state index in [-0.39, 0.29) is 0 Å². The zero-order chi connectivity index (χ0) is 6.78. The Hall–Kier alpha value is 0.810. The summed E-state index contributed by atoms with van der Waals surface area (Å²) in [6, 6.07) is 0. The third-order valence-electron chi connectivity index (χ3n) is 0.497. The maximum absolute atomic E-state index is 11.8. The molecule has 0 bridgehead atoms. The van der Waals surface area contributed by atoms with Crippen LogP contribution in [-0.4, -0.2) is 16.0 Å². The van der Waals surface area contributed by atoms with Gasteiger partial charge in [0.1, 0.15) is 0 Å². The van der Waals surface area contributed by atoms with Gasteiger partial charge in [-0.2, -0.15) is 0 Å². The van der Waals surface area contributed by atoms with Crippen LogP contribution in [-0.2, 0) is 0 Å². The quantitative estimate of drug-likeness (QED) is 0.527. The maximum atomic E-state index is 11.8. The van der Waals surface area contributed by atoms with Gasteiger partial charge < -0.3 is 0 Å². The molecule has 5 heteroatoms. The van der Waals surface area contributed by atoms with Crippen LogP contribution in [0.4, 0.5) is 13.2 Å². The minimum Gasteiger partial charge on any atom is -0.229 e. The fourth-order valence-electron chi connectivity index (χ4n) is 0.0583. The summed E-state index contributed by atoms with van der Waals surface area (Å²) < 4.78 is 33.0. The Labute approximate surface area is 63.5 Å². The Bertz CT molecular complexity index is 74.9. The van der Waals surface area contributed by atoms with Crippen LogP contribution in [0.25, 0.3) is 0 Å². The normalized spacial score (nSPS) is 16.1. The number of alkyl halides is 5. The molecule has 1 unspecified atom stereocenters. The molecule has 0 nitrogen and oxygen atoms in total. The summed E-state index contributed by atoms with van der Waals surface area (Å²) in [4.78, 5) is 0. The molecule has 0 saturated carbocycles. The predicted octanol–water partition coefficient (Wildman–Crippen LogP) is 2.59. The van der Waals surface area contributed by atoms with Gasteiger partial charge in [-0.15, -0.1) is 11.6 Å². The van der Waals surface area contributed by atoms with Gasteiger partial charge in [-0.1, -0.05) is 0 Å². The molecule has 50 valence electrons. The van der Waals surface area contributed by atoms with Crippen molar-refractivity contribution in [1.82, 2.24) is 0 Å². The first-order valence-corrected chi connectivity index (χ1v) is 3.50. The number of hydrogen-bond acceptors (Lipinski definition) is 0. The average molecular weight is 258 g/mol. The summed E-state index contributed by atoms with van der Waals surface area (Å²) in [6.07, 6.45) is 0. The highest BCUT2D eigenvalue weighted by molar-refractivity contribution is 14.1. The van der Waals surface area contributed by atoms with E-state index < -0.39 is 16.0 Å². The summed E-state index contributed by atoms with van der Waals surface area (Å²) in [6.45, 7) is 0. The third kappa shape index (κ3) is 2.39. The van der Waals surface area contributed by atoms with Crippen LogP contribution in [0.3, 0.4) is 0 Å². The fourth-order valence-corrected chi connectivity index (χ4v) is 0.674. The topological polar surface area (TPSA) is 0 Å². The van der Waals surface area contributed by atoms with E-state index in [1.807, 2.05) is 0 Å². The molecular formula is C3H3ClF3I. The van der Waals surface area contributed by atoms with Crippen LogP contribution in [0, 0.1) is 0 Å². The first-order chi connectivity index (χ1) is 3.50. The molecule has 0 radical (unpaired) electrons. The van der Waals surface area contributed by atoms with Crippen molar-refractivity contribution in [2.24, 2.45) is 0 Å². The van der Waals surface area contributed by atoms with Crippen molar-refractivity contribution in [3.8, 4) is 0 Å². The Kier molecular flexibility index (Phi) is 3.41. The Balaban J connectivity index is 3.71. The smallest absolute Gasteiger partial charge is 0.229 e. The Morgan fingerprint density at radius 3 is 2.00 bits per heavy atom. The van der Waals surface area contributed by atoms with Crippen molar-refractivity contribution in [3.05, 3.63) is 0 Å². The number of hydrogen-bond donors (Lipinski definition) is 0. The maximum Gasteiger partial charge on any atom is 0.300 e. The van der Waals surface area contributed by atoms with Crippen molar-refractivity contribution in [1.29, 1.82) is 0 Å². The zero-order valence-corrected chi connectivity index (χ0v) is 6.59. The molecular weight excluding hydrogens is 255 g/mol. The largest absolute Gasteiger partial charge is 0.300 e. The molecule has 0 fully saturated rings. The van der Waals surface area contributed by atoms with Gasteiger partial charge in [-0.25, -0.2) is 13.2 Å². The predicted molar refractivity (Wildman–Crippen MR) is 34.6 cm³/mol. The van der Waals surface area contributed by atoms with Crippen LogP contribution in [0.1, 0.15) is 0 Å². The summed E-state index contributed by atoms with van der Waals surface area (Å²) >= 11 is 5.68. The fraction of sp³-hybridized carbons (Fsp3) is 1.00. The first-order valence-electron chi connectivity index (χ1n) is 1.72. The molecule has 1 atom stereocenters. The second kappa shape index (κ2) is 3.10. The lowest BCUT2D eigenvalue weighted by Gasteiger charge is -2.11. The highest BCUT2D eigenvalue weighted by atomic mass is 127. The van der Waals surface area contributed by atoms with E-state index in [1.54, 1.807) is 0 Å². The van der Waals surface area contributed by atoms with Crippen molar-refractivity contribution >= 4 is 34.2 Å². The zero-order valence-electron chi connectivity index (χ0n) is 3.67. The van der Waals surface area contributed by atoms with Gasteiger partial charge in [-0.05, 0) is 22.6 Å². The lowest BCUT2D eigenvalue weighted by molar-refractivity contribution is -0.00785. The van der Waals surface area contributed by atoms with Gasteiger partial charge >= 0.3 is 5.92 Å². The lowest BCUT2D eigenvalue weighted by atomic mass is 10.4. The molecule has 0 aromatic carbocycles. The summed E-state index contributed by atoms with van der Waals surface area (Å²) in [5.74, 6) is -4.33. The van der Waals surface area contributed by atoms with Crippen LogP contribution in [0.5, 0.6) is 0 Å². The van der Waals surface area contributed by atoms with Gasteiger partial charge in [-0.3, -0.25) is 0 Å². The molecule has 0 aromatic heterocycles. The second-order valence-electron chi connectivity index (χ2n) is 1.20. The lowest BCUT2D eigenvalue weighted by Crippen LogP contribution is -2.26. The van der Waals surface area contributed by atoms with Crippen molar-refractivity contribution in [2.75, 3.05) is 5.88 Å². The second-order valence-corrected chi connectivity index (χ2v) is 2.56. The van der Waals surface area contributed by atoms with E-state index in [4.69, 9.17) is 11.6 Å². The molecule has 0 N–H and O–H groups in total. The van der Waals surface area contributed by atoms with Gasteiger partial charge in [0.2, 0.25) is 4.18 Å². The van der Waals surface area contributed by atoms with Crippen molar-refractivity contribution in [3.63, 3.8) is 0 Å². The van der Waals surface area contributed by atoms with Crippen LogP contribution in [0.2, 0.25) is 0 Å². The SMILES string of the molecule is FC(I)C(F)(F)CCl. The van der Waals surface area contributed by atoms with Gasteiger partial charge in [0, 0.05) is 0 Å². The van der Waals surface area contributed by atoms with Gasteiger partial charge in [0.25, 0.3) is 0 Å².